The number of aryl methyl sites for hydroxylation is 3. The zero-order valence-corrected chi connectivity index (χ0v) is 10.2. The van der Waals surface area contributed by atoms with Gasteiger partial charge in [-0.2, -0.15) is 0 Å². The lowest BCUT2D eigenvalue weighted by molar-refractivity contribution is 0.913. The van der Waals surface area contributed by atoms with Crippen molar-refractivity contribution in [1.82, 2.24) is 15.2 Å². The topological polar surface area (TPSA) is 38.7 Å². The van der Waals surface area contributed by atoms with Gasteiger partial charge in [0.05, 0.1) is 0 Å². The summed E-state index contributed by atoms with van der Waals surface area (Å²) in [5, 5.41) is 8.43. The molecule has 3 nitrogen and oxygen atoms in total. The first kappa shape index (κ1) is 11.0. The third kappa shape index (κ3) is 2.04. The second-order valence-electron chi connectivity index (χ2n) is 3.82. The average Bonchev–Trinajstić information content (AvgIpc) is 2.19. The van der Waals surface area contributed by atoms with Gasteiger partial charge >= 0.3 is 0 Å². The number of hydrogen-bond acceptors (Lipinski definition) is 3. The summed E-state index contributed by atoms with van der Waals surface area (Å²) in [7, 11) is 0. The van der Waals surface area contributed by atoms with Crippen LogP contribution >= 0.6 is 11.6 Å². The van der Waals surface area contributed by atoms with Crippen LogP contribution in [0.4, 0.5) is 0 Å². The van der Waals surface area contributed by atoms with Crippen LogP contribution in [0.5, 0.6) is 0 Å². The molecule has 0 spiro atoms. The summed E-state index contributed by atoms with van der Waals surface area (Å²) in [6, 6.07) is 6.12. The molecule has 0 aliphatic carbocycles. The van der Waals surface area contributed by atoms with E-state index in [2.05, 4.69) is 28.2 Å². The molecular weight excluding hydrogens is 222 g/mol. The largest absolute Gasteiger partial charge is 0.217 e. The molecule has 0 saturated carbocycles. The maximum absolute atomic E-state index is 6.06. The summed E-state index contributed by atoms with van der Waals surface area (Å²) < 4.78 is 0. The quantitative estimate of drug-likeness (QED) is 0.760. The zero-order chi connectivity index (χ0) is 11.7. The van der Waals surface area contributed by atoms with Gasteiger partial charge < -0.3 is 0 Å². The Hall–Kier alpha value is -1.48. The Kier molecular flexibility index (Phi) is 2.88. The first-order chi connectivity index (χ1) is 7.58. The zero-order valence-electron chi connectivity index (χ0n) is 9.45. The molecule has 2 aromatic rings. The van der Waals surface area contributed by atoms with Crippen molar-refractivity contribution in [3.63, 3.8) is 0 Å². The Morgan fingerprint density at radius 1 is 1.06 bits per heavy atom. The maximum Gasteiger partial charge on any atom is 0.159 e. The highest BCUT2D eigenvalue weighted by atomic mass is 35.5. The fourth-order valence-electron chi connectivity index (χ4n) is 1.63. The van der Waals surface area contributed by atoms with Gasteiger partial charge in [-0.3, -0.25) is 0 Å². The molecule has 0 saturated heterocycles. The van der Waals surface area contributed by atoms with Crippen LogP contribution in [-0.4, -0.2) is 15.2 Å². The standard InChI is InChI=1S/C12H12ClN3/c1-7-4-5-10(8(2)6-7)11-12(13)14-9(3)15-16-11/h4-6H,1-3H3. The van der Waals surface area contributed by atoms with Crippen LogP contribution in [-0.2, 0) is 0 Å². The lowest BCUT2D eigenvalue weighted by Crippen LogP contribution is -1.97. The predicted octanol–water partition coefficient (Wildman–Crippen LogP) is 3.12. The lowest BCUT2D eigenvalue weighted by Gasteiger charge is -2.06. The molecule has 2 rings (SSSR count). The van der Waals surface area contributed by atoms with Gasteiger partial charge in [0.25, 0.3) is 0 Å². The molecule has 0 aliphatic heterocycles. The third-order valence-electron chi connectivity index (χ3n) is 2.39. The maximum atomic E-state index is 6.06. The summed E-state index contributed by atoms with van der Waals surface area (Å²) in [5.41, 5.74) is 3.97. The van der Waals surface area contributed by atoms with Crippen molar-refractivity contribution in [3.8, 4) is 11.3 Å². The van der Waals surface area contributed by atoms with Crippen LogP contribution in [0.15, 0.2) is 18.2 Å². The van der Waals surface area contributed by atoms with E-state index in [9.17, 15) is 0 Å². The van der Waals surface area contributed by atoms with E-state index in [0.29, 0.717) is 16.7 Å². The van der Waals surface area contributed by atoms with Crippen molar-refractivity contribution in [1.29, 1.82) is 0 Å². The lowest BCUT2D eigenvalue weighted by atomic mass is 10.0. The third-order valence-corrected chi connectivity index (χ3v) is 2.65. The summed E-state index contributed by atoms with van der Waals surface area (Å²) in [6.07, 6.45) is 0. The highest BCUT2D eigenvalue weighted by Gasteiger charge is 2.10. The molecule has 0 fully saturated rings. The van der Waals surface area contributed by atoms with E-state index < -0.39 is 0 Å². The number of hydrogen-bond donors (Lipinski definition) is 0. The molecule has 1 aromatic heterocycles. The van der Waals surface area contributed by atoms with E-state index in [4.69, 9.17) is 11.6 Å². The molecule has 0 amide bonds. The molecule has 1 heterocycles. The summed E-state index contributed by atoms with van der Waals surface area (Å²) >= 11 is 6.06. The van der Waals surface area contributed by atoms with Gasteiger partial charge in [0.1, 0.15) is 11.5 Å². The predicted molar refractivity (Wildman–Crippen MR) is 64.5 cm³/mol. The minimum Gasteiger partial charge on any atom is -0.217 e. The first-order valence-corrected chi connectivity index (χ1v) is 5.40. The van der Waals surface area contributed by atoms with Crippen LogP contribution in [0.25, 0.3) is 11.3 Å². The van der Waals surface area contributed by atoms with Crippen molar-refractivity contribution in [2.24, 2.45) is 0 Å². The first-order valence-electron chi connectivity index (χ1n) is 5.02. The van der Waals surface area contributed by atoms with Crippen molar-refractivity contribution in [2.45, 2.75) is 20.8 Å². The molecule has 0 unspecified atom stereocenters. The van der Waals surface area contributed by atoms with Crippen LogP contribution in [0.1, 0.15) is 17.0 Å². The van der Waals surface area contributed by atoms with Crippen molar-refractivity contribution < 1.29 is 0 Å². The van der Waals surface area contributed by atoms with Gasteiger partial charge in [-0.25, -0.2) is 4.98 Å². The molecule has 0 radical (unpaired) electrons. The van der Waals surface area contributed by atoms with E-state index in [1.54, 1.807) is 6.92 Å². The molecule has 0 bridgehead atoms. The fourth-order valence-corrected chi connectivity index (χ4v) is 1.89. The molecule has 82 valence electrons. The van der Waals surface area contributed by atoms with E-state index in [1.165, 1.54) is 5.56 Å². The van der Waals surface area contributed by atoms with Gasteiger partial charge in [0.2, 0.25) is 0 Å². The van der Waals surface area contributed by atoms with Crippen LogP contribution < -0.4 is 0 Å². The van der Waals surface area contributed by atoms with Gasteiger partial charge in [0.15, 0.2) is 5.15 Å². The Balaban J connectivity index is 2.59. The Labute approximate surface area is 99.5 Å². The van der Waals surface area contributed by atoms with E-state index in [1.807, 2.05) is 19.1 Å². The van der Waals surface area contributed by atoms with E-state index in [-0.39, 0.29) is 0 Å². The molecule has 0 aliphatic rings. The Bertz CT molecular complexity index is 488. The molecule has 0 atom stereocenters. The monoisotopic (exact) mass is 233 g/mol. The Morgan fingerprint density at radius 2 is 1.81 bits per heavy atom. The van der Waals surface area contributed by atoms with Gasteiger partial charge in [-0.1, -0.05) is 35.4 Å². The van der Waals surface area contributed by atoms with E-state index >= 15 is 0 Å². The number of rotatable bonds is 1. The highest BCUT2D eigenvalue weighted by molar-refractivity contribution is 6.31. The molecule has 1 aromatic carbocycles. The summed E-state index contributed by atoms with van der Waals surface area (Å²) in [4.78, 5) is 4.11. The fraction of sp³-hybridized carbons (Fsp3) is 0.250. The van der Waals surface area contributed by atoms with E-state index in [0.717, 1.165) is 11.1 Å². The minimum absolute atomic E-state index is 0.402. The van der Waals surface area contributed by atoms with Crippen molar-refractivity contribution >= 4 is 11.6 Å². The normalized spacial score (nSPS) is 10.5. The number of nitrogens with zero attached hydrogens (tertiary/aromatic N) is 3. The number of aromatic nitrogens is 3. The molecular formula is C12H12ClN3. The highest BCUT2D eigenvalue weighted by Crippen LogP contribution is 2.26. The smallest absolute Gasteiger partial charge is 0.159 e. The second kappa shape index (κ2) is 4.18. The van der Waals surface area contributed by atoms with Gasteiger partial charge in [-0.05, 0) is 26.3 Å². The number of halogens is 1. The number of benzene rings is 1. The molecule has 0 N–H and O–H groups in total. The Morgan fingerprint density at radius 3 is 2.44 bits per heavy atom. The van der Waals surface area contributed by atoms with Crippen molar-refractivity contribution in [2.75, 3.05) is 0 Å². The average molecular weight is 234 g/mol. The van der Waals surface area contributed by atoms with Gasteiger partial charge in [-0.15, -0.1) is 10.2 Å². The van der Waals surface area contributed by atoms with Crippen LogP contribution in [0.3, 0.4) is 0 Å². The second-order valence-corrected chi connectivity index (χ2v) is 4.17. The van der Waals surface area contributed by atoms with Crippen LogP contribution in [0.2, 0.25) is 5.15 Å². The van der Waals surface area contributed by atoms with Gasteiger partial charge in [0, 0.05) is 5.56 Å². The summed E-state index contributed by atoms with van der Waals surface area (Å²) in [6.45, 7) is 5.85. The molecule has 4 heteroatoms. The van der Waals surface area contributed by atoms with Crippen LogP contribution in [0, 0.1) is 20.8 Å². The SMILES string of the molecule is Cc1ccc(-c2nnc(C)nc2Cl)c(C)c1. The minimum atomic E-state index is 0.402. The molecule has 16 heavy (non-hydrogen) atoms. The summed E-state index contributed by atoms with van der Waals surface area (Å²) in [5.74, 6) is 0.582. The van der Waals surface area contributed by atoms with Crippen molar-refractivity contribution in [3.05, 3.63) is 40.3 Å².